The van der Waals surface area contributed by atoms with Crippen molar-refractivity contribution >= 4 is 22.6 Å². The first-order valence-electron chi connectivity index (χ1n) is 4.64. The van der Waals surface area contributed by atoms with Crippen LogP contribution in [0.5, 0.6) is 5.88 Å². The second kappa shape index (κ2) is 4.91. The van der Waals surface area contributed by atoms with Crippen molar-refractivity contribution < 1.29 is 4.74 Å². The molecule has 14 heavy (non-hydrogen) atoms. The Morgan fingerprint density at radius 2 is 2.14 bits per heavy atom. The summed E-state index contributed by atoms with van der Waals surface area (Å²) in [7, 11) is 0. The summed E-state index contributed by atoms with van der Waals surface area (Å²) in [5.41, 5.74) is 0.966. The molecule has 0 saturated heterocycles. The summed E-state index contributed by atoms with van der Waals surface area (Å²) < 4.78 is 5.66. The second-order valence-electron chi connectivity index (χ2n) is 3.71. The third kappa shape index (κ3) is 4.21. The average Bonchev–Trinajstić information content (AvgIpc) is 2.14. The van der Waals surface area contributed by atoms with E-state index in [1.54, 1.807) is 12.4 Å². The topological polar surface area (TPSA) is 35.0 Å². The molecule has 0 aromatic carbocycles. The van der Waals surface area contributed by atoms with Crippen molar-refractivity contribution in [1.29, 1.82) is 0 Å². The molecule has 0 aliphatic carbocycles. The Hall–Kier alpha value is -0.390. The fraction of sp³-hybridized carbons (Fsp3) is 0.600. The van der Waals surface area contributed by atoms with Gasteiger partial charge in [0, 0.05) is 6.20 Å². The van der Waals surface area contributed by atoms with Crippen molar-refractivity contribution in [3.63, 3.8) is 0 Å². The Balaban J connectivity index is 2.59. The third-order valence-electron chi connectivity index (χ3n) is 1.59. The molecule has 1 heterocycles. The third-order valence-corrected chi connectivity index (χ3v) is 1.90. The molecular formula is C10H15IN2O. The van der Waals surface area contributed by atoms with Crippen LogP contribution in [-0.4, -0.2) is 20.0 Å². The lowest BCUT2D eigenvalue weighted by Crippen LogP contribution is -2.21. The minimum Gasteiger partial charge on any atom is -0.475 e. The summed E-state index contributed by atoms with van der Waals surface area (Å²) >= 11 is 2.35. The van der Waals surface area contributed by atoms with E-state index in [4.69, 9.17) is 4.74 Å². The first-order valence-corrected chi connectivity index (χ1v) is 5.72. The van der Waals surface area contributed by atoms with Gasteiger partial charge in [-0.25, -0.2) is 4.98 Å². The number of rotatable bonds is 4. The van der Waals surface area contributed by atoms with Gasteiger partial charge in [0.05, 0.1) is 15.3 Å². The number of alkyl halides is 1. The molecule has 1 aromatic heterocycles. The largest absolute Gasteiger partial charge is 0.475 e. The van der Waals surface area contributed by atoms with Gasteiger partial charge in [-0.3, -0.25) is 4.98 Å². The van der Waals surface area contributed by atoms with E-state index < -0.39 is 0 Å². The van der Waals surface area contributed by atoms with Crippen LogP contribution in [0.2, 0.25) is 0 Å². The Bertz CT molecular complexity index is 296. The molecule has 0 saturated carbocycles. The van der Waals surface area contributed by atoms with Crippen molar-refractivity contribution in [2.75, 3.05) is 6.61 Å². The molecule has 0 radical (unpaired) electrons. The highest BCUT2D eigenvalue weighted by molar-refractivity contribution is 14.1. The van der Waals surface area contributed by atoms with Gasteiger partial charge in [-0.1, -0.05) is 29.5 Å². The van der Waals surface area contributed by atoms with Crippen molar-refractivity contribution in [2.45, 2.75) is 30.6 Å². The molecule has 0 atom stereocenters. The number of ether oxygens (including phenoxy) is 1. The minimum atomic E-state index is 0.127. The Morgan fingerprint density at radius 3 is 2.71 bits per heavy atom. The first kappa shape index (κ1) is 11.7. The lowest BCUT2D eigenvalue weighted by molar-refractivity contribution is 0.282. The van der Waals surface area contributed by atoms with Crippen LogP contribution in [0, 0.1) is 0 Å². The SMILES string of the molecule is CCc1cncc(OCC(C)(C)I)n1. The lowest BCUT2D eigenvalue weighted by Gasteiger charge is -2.16. The van der Waals surface area contributed by atoms with Crippen LogP contribution in [0.3, 0.4) is 0 Å². The highest BCUT2D eigenvalue weighted by atomic mass is 127. The average molecular weight is 306 g/mol. The van der Waals surface area contributed by atoms with Gasteiger partial charge in [-0.05, 0) is 20.3 Å². The van der Waals surface area contributed by atoms with Crippen LogP contribution in [0.15, 0.2) is 12.4 Å². The van der Waals surface area contributed by atoms with Crippen molar-refractivity contribution in [2.24, 2.45) is 0 Å². The maximum Gasteiger partial charge on any atom is 0.232 e. The van der Waals surface area contributed by atoms with Crippen LogP contribution in [0.1, 0.15) is 26.5 Å². The molecule has 0 aliphatic rings. The van der Waals surface area contributed by atoms with Crippen LogP contribution >= 0.6 is 22.6 Å². The molecule has 0 fully saturated rings. The minimum absolute atomic E-state index is 0.127. The van der Waals surface area contributed by atoms with E-state index in [-0.39, 0.29) is 3.42 Å². The normalized spacial score (nSPS) is 11.4. The fourth-order valence-electron chi connectivity index (χ4n) is 0.872. The van der Waals surface area contributed by atoms with Gasteiger partial charge in [-0.15, -0.1) is 0 Å². The zero-order valence-corrected chi connectivity index (χ0v) is 10.9. The van der Waals surface area contributed by atoms with E-state index in [0.29, 0.717) is 12.5 Å². The molecule has 78 valence electrons. The highest BCUT2D eigenvalue weighted by Crippen LogP contribution is 2.18. The monoisotopic (exact) mass is 306 g/mol. The molecule has 0 aliphatic heterocycles. The molecule has 0 unspecified atom stereocenters. The molecule has 0 N–H and O–H groups in total. The molecule has 3 nitrogen and oxygen atoms in total. The van der Waals surface area contributed by atoms with E-state index in [9.17, 15) is 0 Å². The van der Waals surface area contributed by atoms with Crippen LogP contribution < -0.4 is 4.74 Å². The lowest BCUT2D eigenvalue weighted by atomic mass is 10.2. The Morgan fingerprint density at radius 1 is 1.43 bits per heavy atom. The maximum absolute atomic E-state index is 5.53. The summed E-state index contributed by atoms with van der Waals surface area (Å²) in [6, 6.07) is 0. The van der Waals surface area contributed by atoms with Gasteiger partial charge >= 0.3 is 0 Å². The molecular weight excluding hydrogens is 291 g/mol. The summed E-state index contributed by atoms with van der Waals surface area (Å²) in [6.45, 7) is 6.93. The zero-order valence-electron chi connectivity index (χ0n) is 8.75. The number of halogens is 1. The van der Waals surface area contributed by atoms with Crippen LogP contribution in [-0.2, 0) is 6.42 Å². The summed E-state index contributed by atoms with van der Waals surface area (Å²) in [5, 5.41) is 0. The summed E-state index contributed by atoms with van der Waals surface area (Å²) in [4.78, 5) is 8.37. The molecule has 1 aromatic rings. The maximum atomic E-state index is 5.53. The summed E-state index contributed by atoms with van der Waals surface area (Å²) in [5.74, 6) is 0.620. The Kier molecular flexibility index (Phi) is 4.10. The van der Waals surface area contributed by atoms with E-state index >= 15 is 0 Å². The van der Waals surface area contributed by atoms with Crippen LogP contribution in [0.25, 0.3) is 0 Å². The predicted octanol–water partition coefficient (Wildman–Crippen LogP) is 2.63. The van der Waals surface area contributed by atoms with Gasteiger partial charge < -0.3 is 4.74 Å². The molecule has 0 bridgehead atoms. The standard InChI is InChI=1S/C10H15IN2O/c1-4-8-5-12-6-9(13-8)14-7-10(2,3)11/h5-6H,4,7H2,1-3H3. The van der Waals surface area contributed by atoms with Gasteiger partial charge in [0.25, 0.3) is 0 Å². The summed E-state index contributed by atoms with van der Waals surface area (Å²) in [6.07, 6.45) is 4.31. The number of aromatic nitrogens is 2. The number of aryl methyl sites for hydroxylation is 1. The zero-order chi connectivity index (χ0) is 10.6. The highest BCUT2D eigenvalue weighted by Gasteiger charge is 2.13. The van der Waals surface area contributed by atoms with Crippen molar-refractivity contribution in [3.8, 4) is 5.88 Å². The van der Waals surface area contributed by atoms with Crippen molar-refractivity contribution in [3.05, 3.63) is 18.1 Å². The molecule has 0 spiro atoms. The Labute approximate surface area is 98.4 Å². The number of hydrogen-bond donors (Lipinski definition) is 0. The molecule has 1 rings (SSSR count). The quantitative estimate of drug-likeness (QED) is 0.633. The van der Waals surface area contributed by atoms with Gasteiger partial charge in [0.1, 0.15) is 6.61 Å². The van der Waals surface area contributed by atoms with E-state index in [1.807, 2.05) is 0 Å². The van der Waals surface area contributed by atoms with Gasteiger partial charge in [-0.2, -0.15) is 0 Å². The first-order chi connectivity index (χ1) is 6.51. The van der Waals surface area contributed by atoms with E-state index in [0.717, 1.165) is 12.1 Å². The number of hydrogen-bond acceptors (Lipinski definition) is 3. The molecule has 0 amide bonds. The predicted molar refractivity (Wildman–Crippen MR) is 65.0 cm³/mol. The van der Waals surface area contributed by atoms with Gasteiger partial charge in [0.15, 0.2) is 0 Å². The van der Waals surface area contributed by atoms with E-state index in [2.05, 4.69) is 53.3 Å². The second-order valence-corrected chi connectivity index (χ2v) is 6.63. The van der Waals surface area contributed by atoms with Gasteiger partial charge in [0.2, 0.25) is 5.88 Å². The fourth-order valence-corrected chi connectivity index (χ4v) is 1.03. The number of nitrogens with zero attached hydrogens (tertiary/aromatic N) is 2. The van der Waals surface area contributed by atoms with E-state index in [1.165, 1.54) is 0 Å². The smallest absolute Gasteiger partial charge is 0.232 e. The van der Waals surface area contributed by atoms with Crippen LogP contribution in [0.4, 0.5) is 0 Å². The molecule has 4 heteroatoms. The van der Waals surface area contributed by atoms with Crippen molar-refractivity contribution in [1.82, 2.24) is 9.97 Å².